The van der Waals surface area contributed by atoms with Gasteiger partial charge >= 0.3 is 0 Å². The van der Waals surface area contributed by atoms with E-state index in [-0.39, 0.29) is 6.10 Å². The molecule has 0 aliphatic carbocycles. The van der Waals surface area contributed by atoms with Gasteiger partial charge in [0.05, 0.1) is 11.8 Å². The molecule has 1 fully saturated rings. The van der Waals surface area contributed by atoms with Crippen LogP contribution in [-0.4, -0.2) is 33.7 Å². The van der Waals surface area contributed by atoms with Crippen LogP contribution in [0, 0.1) is 6.92 Å². The van der Waals surface area contributed by atoms with Crippen molar-refractivity contribution in [3.05, 3.63) is 29.6 Å². The van der Waals surface area contributed by atoms with Crippen LogP contribution in [0.2, 0.25) is 0 Å². The molecular weight excluding hydrogens is 224 g/mol. The summed E-state index contributed by atoms with van der Waals surface area (Å²) in [6.45, 7) is 5.97. The second-order valence-electron chi connectivity index (χ2n) is 5.48. The molecule has 2 unspecified atom stereocenters. The molecule has 1 aromatic rings. The lowest BCUT2D eigenvalue weighted by Crippen LogP contribution is -2.40. The van der Waals surface area contributed by atoms with Gasteiger partial charge in [-0.05, 0) is 51.8 Å². The fourth-order valence-electron chi connectivity index (χ4n) is 2.82. The maximum absolute atomic E-state index is 9.59. The van der Waals surface area contributed by atoms with Gasteiger partial charge in [-0.1, -0.05) is 12.5 Å². The highest BCUT2D eigenvalue weighted by molar-refractivity contribution is 5.10. The van der Waals surface area contributed by atoms with Gasteiger partial charge in [-0.2, -0.15) is 0 Å². The topological polar surface area (TPSA) is 36.4 Å². The third kappa shape index (κ3) is 3.79. The summed E-state index contributed by atoms with van der Waals surface area (Å²) in [5.41, 5.74) is 2.23. The third-order valence-corrected chi connectivity index (χ3v) is 3.67. The number of aliphatic hydroxyl groups is 1. The van der Waals surface area contributed by atoms with E-state index in [4.69, 9.17) is 0 Å². The lowest BCUT2D eigenvalue weighted by Gasteiger charge is -2.36. The Hall–Kier alpha value is -0.930. The van der Waals surface area contributed by atoms with Gasteiger partial charge in [0.1, 0.15) is 0 Å². The summed E-state index contributed by atoms with van der Waals surface area (Å²) in [4.78, 5) is 7.06. The summed E-state index contributed by atoms with van der Waals surface area (Å²) in [5, 5.41) is 9.59. The summed E-state index contributed by atoms with van der Waals surface area (Å²) in [5.74, 6) is 0. The molecule has 1 N–H and O–H groups in total. The second-order valence-corrected chi connectivity index (χ2v) is 5.48. The number of aryl methyl sites for hydroxylation is 1. The normalized spacial score (nSPS) is 22.9. The van der Waals surface area contributed by atoms with Crippen molar-refractivity contribution < 1.29 is 5.11 Å². The van der Waals surface area contributed by atoms with Crippen molar-refractivity contribution >= 4 is 0 Å². The zero-order valence-electron chi connectivity index (χ0n) is 11.5. The molecule has 1 saturated heterocycles. The summed E-state index contributed by atoms with van der Waals surface area (Å²) in [6, 6.07) is 6.72. The van der Waals surface area contributed by atoms with Crippen LogP contribution in [0.4, 0.5) is 0 Å². The molecule has 1 aromatic heterocycles. The Morgan fingerprint density at radius 2 is 2.28 bits per heavy atom. The lowest BCUT2D eigenvalue weighted by molar-refractivity contribution is 0.0809. The van der Waals surface area contributed by atoms with Crippen LogP contribution >= 0.6 is 0 Å². The molecule has 0 spiro atoms. The zero-order chi connectivity index (χ0) is 13.0. The summed E-state index contributed by atoms with van der Waals surface area (Å²) >= 11 is 0. The van der Waals surface area contributed by atoms with Gasteiger partial charge in [0.2, 0.25) is 0 Å². The van der Waals surface area contributed by atoms with Crippen LogP contribution in [-0.2, 0) is 6.54 Å². The molecule has 0 radical (unpaired) electrons. The maximum Gasteiger partial charge on any atom is 0.0547 e. The van der Waals surface area contributed by atoms with E-state index < -0.39 is 0 Å². The summed E-state index contributed by atoms with van der Waals surface area (Å²) < 4.78 is 0. The van der Waals surface area contributed by atoms with Gasteiger partial charge in [-0.25, -0.2) is 0 Å². The minimum atomic E-state index is -0.207. The molecule has 1 aliphatic heterocycles. The lowest BCUT2D eigenvalue weighted by atomic mass is 9.97. The Morgan fingerprint density at radius 1 is 1.44 bits per heavy atom. The van der Waals surface area contributed by atoms with Crippen LogP contribution in [0.3, 0.4) is 0 Å². The van der Waals surface area contributed by atoms with Crippen molar-refractivity contribution in [2.75, 3.05) is 6.54 Å². The first-order valence-electron chi connectivity index (χ1n) is 7.00. The molecule has 18 heavy (non-hydrogen) atoms. The Balaban J connectivity index is 2.00. The third-order valence-electron chi connectivity index (χ3n) is 3.67. The van der Waals surface area contributed by atoms with E-state index in [9.17, 15) is 5.11 Å². The van der Waals surface area contributed by atoms with E-state index in [1.165, 1.54) is 19.3 Å². The van der Waals surface area contributed by atoms with Crippen molar-refractivity contribution in [1.29, 1.82) is 0 Å². The number of likely N-dealkylation sites (tertiary alicyclic amines) is 1. The largest absolute Gasteiger partial charge is 0.393 e. The van der Waals surface area contributed by atoms with Crippen LogP contribution < -0.4 is 0 Å². The van der Waals surface area contributed by atoms with Crippen molar-refractivity contribution in [1.82, 2.24) is 9.88 Å². The van der Waals surface area contributed by atoms with Crippen molar-refractivity contribution in [2.24, 2.45) is 0 Å². The maximum atomic E-state index is 9.59. The molecular formula is C15H24N2O. The quantitative estimate of drug-likeness (QED) is 0.889. The Morgan fingerprint density at radius 3 is 3.00 bits per heavy atom. The molecule has 0 bridgehead atoms. The number of pyridine rings is 1. The van der Waals surface area contributed by atoms with Crippen LogP contribution in [0.25, 0.3) is 0 Å². The highest BCUT2D eigenvalue weighted by Crippen LogP contribution is 2.22. The molecule has 0 saturated carbocycles. The molecule has 2 rings (SSSR count). The number of rotatable bonds is 4. The Labute approximate surface area is 110 Å². The monoisotopic (exact) mass is 248 g/mol. The predicted octanol–water partition coefficient (Wildman–Crippen LogP) is 2.52. The molecule has 3 nitrogen and oxygen atoms in total. The fourth-order valence-corrected chi connectivity index (χ4v) is 2.82. The number of hydrogen-bond acceptors (Lipinski definition) is 3. The number of aromatic nitrogens is 1. The SMILES string of the molecule is Cc1cccc(CN2CCCCC2CC(C)O)n1. The number of aliphatic hydroxyl groups excluding tert-OH is 1. The van der Waals surface area contributed by atoms with Crippen LogP contribution in [0.1, 0.15) is 44.0 Å². The Kier molecular flexibility index (Phi) is 4.72. The summed E-state index contributed by atoms with van der Waals surface area (Å²) in [7, 11) is 0. The van der Waals surface area contributed by atoms with Gasteiger partial charge in [0, 0.05) is 18.3 Å². The van der Waals surface area contributed by atoms with E-state index in [0.717, 1.165) is 30.9 Å². The molecule has 0 amide bonds. The highest BCUT2D eigenvalue weighted by Gasteiger charge is 2.23. The highest BCUT2D eigenvalue weighted by atomic mass is 16.3. The molecule has 0 aromatic carbocycles. The average Bonchev–Trinajstić information content (AvgIpc) is 2.31. The molecule has 3 heteroatoms. The summed E-state index contributed by atoms with van der Waals surface area (Å²) in [6.07, 6.45) is 4.43. The first-order chi connectivity index (χ1) is 8.65. The second kappa shape index (κ2) is 6.30. The molecule has 2 atom stereocenters. The standard InChI is InChI=1S/C15H24N2O/c1-12-6-5-7-14(16-12)11-17-9-4-3-8-15(17)10-13(2)18/h5-7,13,15,18H,3-4,8-11H2,1-2H3. The van der Waals surface area contributed by atoms with Crippen LogP contribution in [0.5, 0.6) is 0 Å². The van der Waals surface area contributed by atoms with E-state index in [1.54, 1.807) is 0 Å². The molecule has 100 valence electrons. The van der Waals surface area contributed by atoms with Gasteiger partial charge in [-0.15, -0.1) is 0 Å². The van der Waals surface area contributed by atoms with E-state index in [1.807, 2.05) is 19.9 Å². The number of hydrogen-bond donors (Lipinski definition) is 1. The zero-order valence-corrected chi connectivity index (χ0v) is 11.5. The van der Waals surface area contributed by atoms with Crippen LogP contribution in [0.15, 0.2) is 18.2 Å². The fraction of sp³-hybridized carbons (Fsp3) is 0.667. The predicted molar refractivity (Wildman–Crippen MR) is 73.3 cm³/mol. The first-order valence-corrected chi connectivity index (χ1v) is 7.00. The first kappa shape index (κ1) is 13.5. The Bertz CT molecular complexity index is 379. The molecule has 2 heterocycles. The van der Waals surface area contributed by atoms with Gasteiger partial charge < -0.3 is 5.11 Å². The molecule has 1 aliphatic rings. The van der Waals surface area contributed by atoms with E-state index in [2.05, 4.69) is 22.0 Å². The van der Waals surface area contributed by atoms with Gasteiger partial charge in [-0.3, -0.25) is 9.88 Å². The van der Waals surface area contributed by atoms with Crippen molar-refractivity contribution in [2.45, 2.75) is 58.2 Å². The van der Waals surface area contributed by atoms with Gasteiger partial charge in [0.15, 0.2) is 0 Å². The number of piperidine rings is 1. The number of nitrogens with zero attached hydrogens (tertiary/aromatic N) is 2. The van der Waals surface area contributed by atoms with Crippen molar-refractivity contribution in [3.63, 3.8) is 0 Å². The minimum Gasteiger partial charge on any atom is -0.393 e. The van der Waals surface area contributed by atoms with Gasteiger partial charge in [0.25, 0.3) is 0 Å². The average molecular weight is 248 g/mol. The minimum absolute atomic E-state index is 0.207. The van der Waals surface area contributed by atoms with E-state index in [0.29, 0.717) is 6.04 Å². The van der Waals surface area contributed by atoms with E-state index >= 15 is 0 Å². The van der Waals surface area contributed by atoms with Crippen molar-refractivity contribution in [3.8, 4) is 0 Å². The smallest absolute Gasteiger partial charge is 0.0547 e.